The zero-order valence-corrected chi connectivity index (χ0v) is 22.4. The van der Waals surface area contributed by atoms with Gasteiger partial charge in [0.1, 0.15) is 17.5 Å². The minimum Gasteiger partial charge on any atom is -0.489 e. The monoisotopic (exact) mass is 514 g/mol. The van der Waals surface area contributed by atoms with Crippen LogP contribution in [0.4, 0.5) is 4.79 Å². The molecule has 0 spiro atoms. The SMILES string of the molecule is CCOC(=O)C(Cc1ccc2ccc(C#N)cc2c1)c1ccc(O[C@@H]2CCN(C(=O)OC(C)(C)C)C2)cc1. The summed E-state index contributed by atoms with van der Waals surface area (Å²) in [6.45, 7) is 8.71. The van der Waals surface area contributed by atoms with Crippen LogP contribution < -0.4 is 4.74 Å². The second-order valence-corrected chi connectivity index (χ2v) is 10.5. The van der Waals surface area contributed by atoms with Crippen LogP contribution in [0, 0.1) is 11.3 Å². The maximum atomic E-state index is 12.9. The summed E-state index contributed by atoms with van der Waals surface area (Å²) in [5.41, 5.74) is 1.89. The van der Waals surface area contributed by atoms with E-state index in [2.05, 4.69) is 6.07 Å². The van der Waals surface area contributed by atoms with Crippen LogP contribution in [-0.4, -0.2) is 48.4 Å². The van der Waals surface area contributed by atoms with Crippen LogP contribution in [-0.2, 0) is 20.7 Å². The zero-order valence-electron chi connectivity index (χ0n) is 22.4. The number of likely N-dealkylation sites (tertiary alicyclic amines) is 1. The van der Waals surface area contributed by atoms with Crippen molar-refractivity contribution in [3.63, 3.8) is 0 Å². The number of nitrogens with zero attached hydrogens (tertiary/aromatic N) is 2. The van der Waals surface area contributed by atoms with Gasteiger partial charge < -0.3 is 19.1 Å². The van der Waals surface area contributed by atoms with Crippen molar-refractivity contribution in [1.29, 1.82) is 5.26 Å². The Morgan fingerprint density at radius 2 is 1.79 bits per heavy atom. The van der Waals surface area contributed by atoms with Gasteiger partial charge in [-0.15, -0.1) is 0 Å². The van der Waals surface area contributed by atoms with Gasteiger partial charge in [0.25, 0.3) is 0 Å². The van der Waals surface area contributed by atoms with Crippen LogP contribution in [0.15, 0.2) is 60.7 Å². The van der Waals surface area contributed by atoms with E-state index in [9.17, 15) is 14.9 Å². The maximum absolute atomic E-state index is 12.9. The zero-order chi connectivity index (χ0) is 27.3. The minimum atomic E-state index is -0.534. The van der Waals surface area contributed by atoms with Gasteiger partial charge in [-0.1, -0.05) is 36.4 Å². The second kappa shape index (κ2) is 11.6. The predicted molar refractivity (Wildman–Crippen MR) is 145 cm³/mol. The van der Waals surface area contributed by atoms with Crippen LogP contribution in [0.25, 0.3) is 10.8 Å². The molecule has 3 aromatic carbocycles. The molecule has 38 heavy (non-hydrogen) atoms. The number of benzene rings is 3. The van der Waals surface area contributed by atoms with E-state index in [4.69, 9.17) is 14.2 Å². The summed E-state index contributed by atoms with van der Waals surface area (Å²) < 4.78 is 17.0. The van der Waals surface area contributed by atoms with Crippen molar-refractivity contribution in [2.24, 2.45) is 0 Å². The topological polar surface area (TPSA) is 88.9 Å². The van der Waals surface area contributed by atoms with Crippen molar-refractivity contribution in [3.05, 3.63) is 77.4 Å². The predicted octanol–water partition coefficient (Wildman–Crippen LogP) is 5.99. The summed E-state index contributed by atoms with van der Waals surface area (Å²) in [7, 11) is 0. The van der Waals surface area contributed by atoms with Gasteiger partial charge in [0.2, 0.25) is 0 Å². The van der Waals surface area contributed by atoms with E-state index in [1.807, 2.05) is 75.4 Å². The Bertz CT molecular complexity index is 1340. The Labute approximate surface area is 223 Å². The highest BCUT2D eigenvalue weighted by atomic mass is 16.6. The fourth-order valence-electron chi connectivity index (χ4n) is 4.60. The van der Waals surface area contributed by atoms with E-state index >= 15 is 0 Å². The largest absolute Gasteiger partial charge is 0.489 e. The molecule has 2 atom stereocenters. The first-order valence-electron chi connectivity index (χ1n) is 13.0. The molecule has 1 saturated heterocycles. The standard InChI is InChI=1S/C31H34N2O5/c1-5-36-29(34)28(18-21-6-8-23-9-7-22(19-32)17-25(23)16-21)24-10-12-26(13-11-24)37-27-14-15-33(20-27)30(35)38-31(2,3)4/h6-13,16-17,27-28H,5,14-15,18,20H2,1-4H3/t27-,28?/m1/s1. The molecule has 1 fully saturated rings. The summed E-state index contributed by atoms with van der Waals surface area (Å²) >= 11 is 0. The van der Waals surface area contributed by atoms with Crippen molar-refractivity contribution in [2.45, 2.75) is 58.2 Å². The van der Waals surface area contributed by atoms with E-state index in [1.165, 1.54) is 0 Å². The van der Waals surface area contributed by atoms with Crippen molar-refractivity contribution in [3.8, 4) is 11.8 Å². The van der Waals surface area contributed by atoms with Gasteiger partial charge in [-0.3, -0.25) is 4.79 Å². The smallest absolute Gasteiger partial charge is 0.410 e. The molecule has 1 heterocycles. The van der Waals surface area contributed by atoms with Crippen molar-refractivity contribution in [1.82, 2.24) is 4.90 Å². The molecule has 0 bridgehead atoms. The third-order valence-corrected chi connectivity index (χ3v) is 6.43. The van der Waals surface area contributed by atoms with Crippen molar-refractivity contribution < 1.29 is 23.8 Å². The Hall–Kier alpha value is -4.05. The molecule has 1 amide bonds. The first-order valence-corrected chi connectivity index (χ1v) is 13.0. The summed E-state index contributed by atoms with van der Waals surface area (Å²) in [4.78, 5) is 26.9. The first kappa shape index (κ1) is 27.0. The van der Waals surface area contributed by atoms with E-state index in [0.717, 1.165) is 28.3 Å². The van der Waals surface area contributed by atoms with Gasteiger partial charge in [0, 0.05) is 13.0 Å². The molecule has 198 valence electrons. The molecule has 3 aromatic rings. The average molecular weight is 515 g/mol. The summed E-state index contributed by atoms with van der Waals surface area (Å²) in [6, 6.07) is 21.3. The molecule has 1 aliphatic heterocycles. The maximum Gasteiger partial charge on any atom is 0.410 e. The molecular weight excluding hydrogens is 480 g/mol. The quantitative estimate of drug-likeness (QED) is 0.360. The Kier molecular flexibility index (Phi) is 8.21. The number of nitriles is 1. The fourth-order valence-corrected chi connectivity index (χ4v) is 4.60. The summed E-state index contributed by atoms with van der Waals surface area (Å²) in [6.07, 6.45) is 0.750. The minimum absolute atomic E-state index is 0.120. The molecule has 0 aliphatic carbocycles. The molecule has 0 radical (unpaired) electrons. The highest BCUT2D eigenvalue weighted by molar-refractivity contribution is 5.85. The normalized spacial score (nSPS) is 16.1. The molecule has 7 heteroatoms. The summed E-state index contributed by atoms with van der Waals surface area (Å²) in [5.74, 6) is -0.0762. The lowest BCUT2D eigenvalue weighted by Crippen LogP contribution is -2.36. The fraction of sp³-hybridized carbons (Fsp3) is 0.387. The number of esters is 1. The molecule has 1 unspecified atom stereocenters. The van der Waals surface area contributed by atoms with Gasteiger partial charge in [0.15, 0.2) is 0 Å². The Morgan fingerprint density at radius 3 is 2.47 bits per heavy atom. The number of hydrogen-bond donors (Lipinski definition) is 0. The van der Waals surface area contributed by atoms with Gasteiger partial charge in [0.05, 0.1) is 30.7 Å². The van der Waals surface area contributed by atoms with Crippen molar-refractivity contribution >= 4 is 22.8 Å². The Balaban J connectivity index is 1.45. The van der Waals surface area contributed by atoms with Gasteiger partial charge in [-0.05, 0) is 80.3 Å². The number of amides is 1. The number of rotatable bonds is 7. The number of fused-ring (bicyclic) bond motifs is 1. The third kappa shape index (κ3) is 6.83. The lowest BCUT2D eigenvalue weighted by molar-refractivity contribution is -0.144. The average Bonchev–Trinajstić information content (AvgIpc) is 3.35. The van der Waals surface area contributed by atoms with E-state index in [0.29, 0.717) is 37.4 Å². The van der Waals surface area contributed by atoms with E-state index in [1.54, 1.807) is 17.9 Å². The summed E-state index contributed by atoms with van der Waals surface area (Å²) in [5, 5.41) is 11.2. The van der Waals surface area contributed by atoms with Crippen LogP contribution in [0.1, 0.15) is 56.7 Å². The molecule has 0 N–H and O–H groups in total. The molecule has 0 aromatic heterocycles. The number of hydrogen-bond acceptors (Lipinski definition) is 6. The van der Waals surface area contributed by atoms with Crippen LogP contribution in [0.2, 0.25) is 0 Å². The van der Waals surface area contributed by atoms with Crippen molar-refractivity contribution in [2.75, 3.05) is 19.7 Å². The highest BCUT2D eigenvalue weighted by Gasteiger charge is 2.31. The number of ether oxygens (including phenoxy) is 3. The Morgan fingerprint density at radius 1 is 1.05 bits per heavy atom. The number of carbonyl (C=O) groups excluding carboxylic acids is 2. The molecule has 1 aliphatic rings. The molecular formula is C31H34N2O5. The van der Waals surface area contributed by atoms with Gasteiger partial charge >= 0.3 is 12.1 Å². The highest BCUT2D eigenvalue weighted by Crippen LogP contribution is 2.28. The number of carbonyl (C=O) groups is 2. The third-order valence-electron chi connectivity index (χ3n) is 6.43. The van der Waals surface area contributed by atoms with Crippen LogP contribution in [0.3, 0.4) is 0 Å². The van der Waals surface area contributed by atoms with E-state index in [-0.39, 0.29) is 18.2 Å². The van der Waals surface area contributed by atoms with E-state index < -0.39 is 11.5 Å². The first-order chi connectivity index (χ1) is 18.1. The van der Waals surface area contributed by atoms with Gasteiger partial charge in [-0.25, -0.2) is 4.79 Å². The van der Waals surface area contributed by atoms with Crippen LogP contribution in [0.5, 0.6) is 5.75 Å². The lowest BCUT2D eigenvalue weighted by atomic mass is 9.91. The van der Waals surface area contributed by atoms with Crippen LogP contribution >= 0.6 is 0 Å². The molecule has 4 rings (SSSR count). The van der Waals surface area contributed by atoms with Gasteiger partial charge in [-0.2, -0.15) is 5.26 Å². The molecule has 0 saturated carbocycles. The molecule has 7 nitrogen and oxygen atoms in total. The second-order valence-electron chi connectivity index (χ2n) is 10.5. The lowest BCUT2D eigenvalue weighted by Gasteiger charge is -2.24.